The first-order valence-corrected chi connectivity index (χ1v) is 6.77. The molecule has 1 aliphatic rings. The molecule has 0 spiro atoms. The second kappa shape index (κ2) is 5.83. The van der Waals surface area contributed by atoms with Gasteiger partial charge < -0.3 is 5.32 Å². The van der Waals surface area contributed by atoms with Gasteiger partial charge in [0.05, 0.1) is 0 Å². The van der Waals surface area contributed by atoms with Crippen LogP contribution >= 0.6 is 0 Å². The van der Waals surface area contributed by atoms with E-state index in [1.807, 2.05) is 6.92 Å². The topological polar surface area (TPSA) is 49.4 Å². The summed E-state index contributed by atoms with van der Waals surface area (Å²) in [5.74, 6) is 0.456. The average molecular weight is 254 g/mol. The highest BCUT2D eigenvalue weighted by molar-refractivity contribution is 5.97. The molecule has 18 heavy (non-hydrogen) atoms. The highest BCUT2D eigenvalue weighted by Crippen LogP contribution is 2.19. The maximum atomic E-state index is 11.8. The minimum Gasteiger partial charge on any atom is -0.312 e. The number of hydrogen-bond acceptors (Lipinski definition) is 3. The van der Waals surface area contributed by atoms with E-state index in [1.54, 1.807) is 0 Å². The lowest BCUT2D eigenvalue weighted by molar-refractivity contribution is -0.150. The SMILES string of the molecule is CC1CC(=O)N(CC(C)CNC(C)(C)C)C(=O)C1. The largest absolute Gasteiger partial charge is 0.312 e. The van der Waals surface area contributed by atoms with Crippen molar-refractivity contribution >= 4 is 11.8 Å². The Kier molecular flexibility index (Phi) is 4.91. The molecule has 104 valence electrons. The highest BCUT2D eigenvalue weighted by Gasteiger charge is 2.31. The number of imide groups is 1. The molecule has 4 nitrogen and oxygen atoms in total. The highest BCUT2D eigenvalue weighted by atomic mass is 16.2. The molecule has 1 fully saturated rings. The molecule has 1 atom stereocenters. The fourth-order valence-electron chi connectivity index (χ4n) is 2.09. The summed E-state index contributed by atoms with van der Waals surface area (Å²) < 4.78 is 0. The van der Waals surface area contributed by atoms with Crippen LogP contribution < -0.4 is 5.32 Å². The molecule has 0 bridgehead atoms. The van der Waals surface area contributed by atoms with Crippen molar-refractivity contribution in [2.75, 3.05) is 13.1 Å². The number of amides is 2. The van der Waals surface area contributed by atoms with Gasteiger partial charge in [-0.05, 0) is 39.2 Å². The Morgan fingerprint density at radius 2 is 1.78 bits per heavy atom. The predicted octanol–water partition coefficient (Wildman–Crippen LogP) is 1.80. The quantitative estimate of drug-likeness (QED) is 0.778. The maximum absolute atomic E-state index is 11.8. The molecule has 0 aromatic rings. The zero-order valence-corrected chi connectivity index (χ0v) is 12.2. The molecule has 2 amide bonds. The van der Waals surface area contributed by atoms with E-state index >= 15 is 0 Å². The average Bonchev–Trinajstić information content (AvgIpc) is 2.19. The number of rotatable bonds is 4. The Morgan fingerprint density at radius 3 is 2.22 bits per heavy atom. The van der Waals surface area contributed by atoms with Crippen molar-refractivity contribution < 1.29 is 9.59 Å². The van der Waals surface area contributed by atoms with E-state index in [9.17, 15) is 9.59 Å². The van der Waals surface area contributed by atoms with Crippen molar-refractivity contribution in [3.63, 3.8) is 0 Å². The molecule has 1 rings (SSSR count). The van der Waals surface area contributed by atoms with Crippen LogP contribution in [0.15, 0.2) is 0 Å². The van der Waals surface area contributed by atoms with Crippen LogP contribution in [0.3, 0.4) is 0 Å². The van der Waals surface area contributed by atoms with Crippen LogP contribution in [0, 0.1) is 11.8 Å². The molecule has 0 saturated carbocycles. The van der Waals surface area contributed by atoms with E-state index in [-0.39, 0.29) is 29.2 Å². The maximum Gasteiger partial charge on any atom is 0.229 e. The van der Waals surface area contributed by atoms with E-state index < -0.39 is 0 Å². The van der Waals surface area contributed by atoms with Crippen molar-refractivity contribution in [3.05, 3.63) is 0 Å². The first-order valence-electron chi connectivity index (χ1n) is 6.77. The van der Waals surface area contributed by atoms with Gasteiger partial charge in [-0.1, -0.05) is 13.8 Å². The molecule has 1 heterocycles. The molecule has 0 aliphatic carbocycles. The molecular formula is C14H26N2O2. The number of carbonyl (C=O) groups is 2. The van der Waals surface area contributed by atoms with E-state index in [2.05, 4.69) is 33.0 Å². The van der Waals surface area contributed by atoms with E-state index in [0.29, 0.717) is 19.4 Å². The van der Waals surface area contributed by atoms with E-state index in [0.717, 1.165) is 6.54 Å². The fraction of sp³-hybridized carbons (Fsp3) is 0.857. The number of nitrogens with zero attached hydrogens (tertiary/aromatic N) is 1. The van der Waals surface area contributed by atoms with Crippen molar-refractivity contribution in [3.8, 4) is 0 Å². The lowest BCUT2D eigenvalue weighted by atomic mass is 9.96. The molecule has 1 aliphatic heterocycles. The summed E-state index contributed by atoms with van der Waals surface area (Å²) in [6, 6.07) is 0. The predicted molar refractivity (Wildman–Crippen MR) is 72.0 cm³/mol. The molecule has 0 radical (unpaired) electrons. The third-order valence-electron chi connectivity index (χ3n) is 3.12. The fourth-order valence-corrected chi connectivity index (χ4v) is 2.09. The minimum atomic E-state index is -0.0126. The third-order valence-corrected chi connectivity index (χ3v) is 3.12. The Hall–Kier alpha value is -0.900. The van der Waals surface area contributed by atoms with Gasteiger partial charge in [-0.3, -0.25) is 14.5 Å². The van der Waals surface area contributed by atoms with Crippen molar-refractivity contribution in [2.24, 2.45) is 11.8 Å². The van der Waals surface area contributed by atoms with Gasteiger partial charge in [-0.2, -0.15) is 0 Å². The summed E-state index contributed by atoms with van der Waals surface area (Å²) in [5, 5.41) is 3.40. The van der Waals surface area contributed by atoms with Gasteiger partial charge in [0.2, 0.25) is 11.8 Å². The van der Waals surface area contributed by atoms with Gasteiger partial charge in [-0.15, -0.1) is 0 Å². The van der Waals surface area contributed by atoms with Crippen LogP contribution in [0.1, 0.15) is 47.5 Å². The lowest BCUT2D eigenvalue weighted by Gasteiger charge is -2.31. The molecule has 0 aromatic heterocycles. The molecule has 1 N–H and O–H groups in total. The smallest absolute Gasteiger partial charge is 0.229 e. The zero-order chi connectivity index (χ0) is 13.9. The van der Waals surface area contributed by atoms with Crippen LogP contribution in [0.2, 0.25) is 0 Å². The van der Waals surface area contributed by atoms with E-state index in [4.69, 9.17) is 0 Å². The molecule has 1 saturated heterocycles. The van der Waals surface area contributed by atoms with E-state index in [1.165, 1.54) is 4.90 Å². The summed E-state index contributed by atoms with van der Waals surface area (Å²) in [7, 11) is 0. The number of piperidine rings is 1. The number of hydrogen-bond donors (Lipinski definition) is 1. The van der Waals surface area contributed by atoms with Gasteiger partial charge in [0.25, 0.3) is 0 Å². The van der Waals surface area contributed by atoms with Crippen LogP contribution in [-0.4, -0.2) is 35.3 Å². The van der Waals surface area contributed by atoms with Crippen LogP contribution in [0.4, 0.5) is 0 Å². The van der Waals surface area contributed by atoms with Crippen LogP contribution in [0.25, 0.3) is 0 Å². The summed E-state index contributed by atoms with van der Waals surface area (Å²) in [6.07, 6.45) is 1.01. The Balaban J connectivity index is 2.46. The van der Waals surface area contributed by atoms with Crippen molar-refractivity contribution in [1.82, 2.24) is 10.2 Å². The number of nitrogens with one attached hydrogen (secondary N) is 1. The number of carbonyl (C=O) groups excluding carboxylic acids is 2. The second-order valence-corrected chi connectivity index (χ2v) is 6.65. The van der Waals surface area contributed by atoms with Crippen molar-refractivity contribution in [2.45, 2.75) is 53.0 Å². The standard InChI is InChI=1S/C14H26N2O2/c1-10-6-12(17)16(13(18)7-10)9-11(2)8-15-14(3,4)5/h10-11,15H,6-9H2,1-5H3. The monoisotopic (exact) mass is 254 g/mol. The summed E-state index contributed by atoms with van der Waals surface area (Å²) in [4.78, 5) is 25.1. The van der Waals surface area contributed by atoms with Gasteiger partial charge in [-0.25, -0.2) is 0 Å². The minimum absolute atomic E-state index is 0.0126. The Labute approximate surface area is 110 Å². The first-order chi connectivity index (χ1) is 8.19. The summed E-state index contributed by atoms with van der Waals surface area (Å²) in [6.45, 7) is 11.7. The Morgan fingerprint density at radius 1 is 1.28 bits per heavy atom. The van der Waals surface area contributed by atoms with Gasteiger partial charge in [0.15, 0.2) is 0 Å². The van der Waals surface area contributed by atoms with Crippen molar-refractivity contribution in [1.29, 1.82) is 0 Å². The normalized spacial score (nSPS) is 20.4. The molecule has 0 aromatic carbocycles. The second-order valence-electron chi connectivity index (χ2n) is 6.65. The van der Waals surface area contributed by atoms with Gasteiger partial charge in [0, 0.05) is 24.9 Å². The summed E-state index contributed by atoms with van der Waals surface area (Å²) >= 11 is 0. The molecular weight excluding hydrogens is 228 g/mol. The molecule has 4 heteroatoms. The third kappa shape index (κ3) is 4.77. The number of likely N-dealkylation sites (tertiary alicyclic amines) is 1. The first kappa shape index (κ1) is 15.2. The van der Waals surface area contributed by atoms with Crippen LogP contribution in [0.5, 0.6) is 0 Å². The van der Waals surface area contributed by atoms with Crippen LogP contribution in [-0.2, 0) is 9.59 Å². The Bertz CT molecular complexity index is 302. The van der Waals surface area contributed by atoms with Gasteiger partial charge >= 0.3 is 0 Å². The molecule has 1 unspecified atom stereocenters. The lowest BCUT2D eigenvalue weighted by Crippen LogP contribution is -2.47. The van der Waals surface area contributed by atoms with Gasteiger partial charge in [0.1, 0.15) is 0 Å². The zero-order valence-electron chi connectivity index (χ0n) is 12.2. The summed E-state index contributed by atoms with van der Waals surface area (Å²) in [5.41, 5.74) is 0.0681.